The van der Waals surface area contributed by atoms with Gasteiger partial charge in [-0.25, -0.2) is 9.18 Å². The van der Waals surface area contributed by atoms with Gasteiger partial charge in [0.1, 0.15) is 17.1 Å². The molecule has 3 aromatic rings. The van der Waals surface area contributed by atoms with Gasteiger partial charge in [-0.1, -0.05) is 47.1 Å². The molecule has 1 aromatic carbocycles. The van der Waals surface area contributed by atoms with Crippen molar-refractivity contribution in [3.63, 3.8) is 0 Å². The zero-order valence-corrected chi connectivity index (χ0v) is 21.5. The first-order chi connectivity index (χ1) is 18.6. The predicted octanol–water partition coefficient (Wildman–Crippen LogP) is 5.69. The topological polar surface area (TPSA) is 99.2 Å². The molecule has 0 unspecified atom stereocenters. The lowest BCUT2D eigenvalue weighted by Crippen LogP contribution is -2.19. The van der Waals surface area contributed by atoms with Crippen LogP contribution in [0.25, 0.3) is 22.6 Å². The Morgan fingerprint density at radius 1 is 1.23 bits per heavy atom. The molecule has 13 heteroatoms. The Balaban J connectivity index is 0.00000260. The van der Waals surface area contributed by atoms with Crippen molar-refractivity contribution in [1.29, 1.82) is 0 Å². The second-order valence-electron chi connectivity index (χ2n) is 7.43. The third kappa shape index (κ3) is 7.58. The molecule has 0 radical (unpaired) electrons. The Hall–Kier alpha value is -4.37. The number of halogens is 5. The highest BCUT2D eigenvalue weighted by Crippen LogP contribution is 2.42. The monoisotopic (exact) mass is 566 g/mol. The number of alkyl halides is 3. The van der Waals surface area contributed by atoms with Crippen molar-refractivity contribution in [1.82, 2.24) is 20.3 Å². The summed E-state index contributed by atoms with van der Waals surface area (Å²) >= 11 is 6.10. The highest BCUT2D eigenvalue weighted by Gasteiger charge is 2.41. The van der Waals surface area contributed by atoms with Gasteiger partial charge in [0, 0.05) is 13.5 Å². The minimum atomic E-state index is -4.91. The largest absolute Gasteiger partial charge is 0.462 e. The molecule has 0 aliphatic rings. The van der Waals surface area contributed by atoms with E-state index >= 15 is 0 Å². The van der Waals surface area contributed by atoms with Crippen LogP contribution in [-0.2, 0) is 22.3 Å². The molecule has 1 amide bonds. The third-order valence-corrected chi connectivity index (χ3v) is 5.17. The number of nitrogens with one attached hydrogen (secondary N) is 1. The first-order valence-corrected chi connectivity index (χ1v) is 11.6. The van der Waals surface area contributed by atoms with E-state index in [2.05, 4.69) is 28.4 Å². The van der Waals surface area contributed by atoms with Gasteiger partial charge in [-0.15, -0.1) is 12.8 Å². The highest BCUT2D eigenvalue weighted by atomic mass is 35.5. The number of hydrogen-bond acceptors (Lipinski definition) is 6. The number of nitrogens with zero attached hydrogens (tertiary/aromatic N) is 3. The standard InChI is InChI=1S/C24H21ClF4N4O4.C2H2/c1-3-36-23(35)19-20(18-16(25)9-8-10-17(18)26)32-37-21(19)15-13-31-33(22(15)24(27,28)29)12-7-5-4-6-11-30-14(2)34;1-2/h4-10,13H,3,11-12H2,1-2H3,(H,30,34);1-2H/b6-4-,7-5-;. The van der Waals surface area contributed by atoms with Gasteiger partial charge in [-0.3, -0.25) is 9.48 Å². The molecule has 39 heavy (non-hydrogen) atoms. The number of terminal acetylenes is 1. The van der Waals surface area contributed by atoms with E-state index < -0.39 is 46.2 Å². The van der Waals surface area contributed by atoms with Crippen LogP contribution in [0.3, 0.4) is 0 Å². The third-order valence-electron chi connectivity index (χ3n) is 4.85. The smallest absolute Gasteiger partial charge is 0.433 e. The fraction of sp³-hybridized carbons (Fsp3) is 0.231. The van der Waals surface area contributed by atoms with Crippen molar-refractivity contribution in [3.8, 4) is 35.4 Å². The number of benzene rings is 1. The number of hydrogen-bond donors (Lipinski definition) is 1. The highest BCUT2D eigenvalue weighted by molar-refractivity contribution is 6.33. The van der Waals surface area contributed by atoms with Gasteiger partial charge in [0.05, 0.1) is 35.5 Å². The molecule has 1 N–H and O–H groups in total. The first-order valence-electron chi connectivity index (χ1n) is 11.2. The van der Waals surface area contributed by atoms with Crippen LogP contribution in [0.4, 0.5) is 17.6 Å². The molecule has 0 aliphatic heterocycles. The van der Waals surface area contributed by atoms with Gasteiger partial charge in [-0.05, 0) is 19.1 Å². The molecule has 2 aromatic heterocycles. The summed E-state index contributed by atoms with van der Waals surface area (Å²) in [4.78, 5) is 23.6. The molecule has 0 saturated heterocycles. The van der Waals surface area contributed by atoms with Gasteiger partial charge in [0.2, 0.25) is 5.91 Å². The Labute approximate surface area is 226 Å². The summed E-state index contributed by atoms with van der Waals surface area (Å²) in [6.45, 7) is 2.72. The molecule has 0 bridgehead atoms. The van der Waals surface area contributed by atoms with Gasteiger partial charge in [0.15, 0.2) is 11.5 Å². The van der Waals surface area contributed by atoms with Gasteiger partial charge in [0.25, 0.3) is 0 Å². The maximum absolute atomic E-state index is 14.6. The normalized spacial score (nSPS) is 11.4. The summed E-state index contributed by atoms with van der Waals surface area (Å²) in [5.74, 6) is -2.74. The van der Waals surface area contributed by atoms with Crippen molar-refractivity contribution >= 4 is 23.5 Å². The van der Waals surface area contributed by atoms with Crippen LogP contribution in [0.5, 0.6) is 0 Å². The summed E-state index contributed by atoms with van der Waals surface area (Å²) in [5, 5.41) is 9.89. The first kappa shape index (κ1) is 30.9. The lowest BCUT2D eigenvalue weighted by Gasteiger charge is -2.11. The van der Waals surface area contributed by atoms with Crippen molar-refractivity contribution < 1.29 is 36.4 Å². The maximum atomic E-state index is 14.6. The van der Waals surface area contributed by atoms with Crippen LogP contribution in [0.1, 0.15) is 29.9 Å². The second kappa shape index (κ2) is 14.0. The van der Waals surface area contributed by atoms with E-state index in [1.165, 1.54) is 38.1 Å². The predicted molar refractivity (Wildman–Crippen MR) is 136 cm³/mol. The molecule has 0 saturated carbocycles. The molecule has 0 aliphatic carbocycles. The van der Waals surface area contributed by atoms with Crippen molar-refractivity contribution in [2.45, 2.75) is 26.6 Å². The van der Waals surface area contributed by atoms with E-state index in [4.69, 9.17) is 20.9 Å². The fourth-order valence-corrected chi connectivity index (χ4v) is 3.59. The lowest BCUT2D eigenvalue weighted by molar-refractivity contribution is -0.143. The van der Waals surface area contributed by atoms with E-state index in [1.54, 1.807) is 12.2 Å². The Morgan fingerprint density at radius 2 is 1.92 bits per heavy atom. The number of esters is 1. The number of allylic oxidation sites excluding steroid dienone is 3. The Kier molecular flexibility index (Phi) is 11.0. The average molecular weight is 567 g/mol. The number of aromatic nitrogens is 3. The molecule has 0 fully saturated rings. The summed E-state index contributed by atoms with van der Waals surface area (Å²) < 4.78 is 67.8. The summed E-state index contributed by atoms with van der Waals surface area (Å²) in [5.41, 5.74) is -3.04. The van der Waals surface area contributed by atoms with Gasteiger partial charge in [-0.2, -0.15) is 18.3 Å². The average Bonchev–Trinajstić information content (AvgIpc) is 3.49. The van der Waals surface area contributed by atoms with Crippen LogP contribution in [-0.4, -0.2) is 40.0 Å². The van der Waals surface area contributed by atoms with Crippen LogP contribution in [0, 0.1) is 18.7 Å². The number of carbonyl (C=O) groups excluding carboxylic acids is 2. The van der Waals surface area contributed by atoms with Gasteiger partial charge >= 0.3 is 12.1 Å². The second-order valence-corrected chi connectivity index (χ2v) is 7.84. The summed E-state index contributed by atoms with van der Waals surface area (Å²) in [6.07, 6.45) is 10.0. The van der Waals surface area contributed by atoms with Gasteiger partial charge < -0.3 is 14.6 Å². The molecule has 0 spiro atoms. The van der Waals surface area contributed by atoms with E-state index in [0.717, 1.165) is 12.3 Å². The minimum Gasteiger partial charge on any atom is -0.462 e. The van der Waals surface area contributed by atoms with Crippen molar-refractivity contribution in [2.24, 2.45) is 0 Å². The SMILES string of the molecule is C#C.CCOC(=O)c1c(-c2c(F)cccc2Cl)noc1-c1cnn(C/C=C\C=C/CNC(C)=O)c1C(F)(F)F. The Bertz CT molecular complexity index is 1370. The maximum Gasteiger partial charge on any atom is 0.433 e. The Morgan fingerprint density at radius 3 is 2.54 bits per heavy atom. The van der Waals surface area contributed by atoms with Crippen molar-refractivity contribution in [3.05, 3.63) is 70.8 Å². The molecular weight excluding hydrogens is 544 g/mol. The van der Waals surface area contributed by atoms with E-state index in [9.17, 15) is 27.2 Å². The van der Waals surface area contributed by atoms with Crippen LogP contribution in [0.15, 0.2) is 53.2 Å². The quantitative estimate of drug-likeness (QED) is 0.155. The molecule has 2 heterocycles. The summed E-state index contributed by atoms with van der Waals surface area (Å²) in [7, 11) is 0. The van der Waals surface area contributed by atoms with Crippen molar-refractivity contribution in [2.75, 3.05) is 13.2 Å². The van der Waals surface area contributed by atoms with Crippen LogP contribution >= 0.6 is 11.6 Å². The number of ether oxygens (including phenoxy) is 1. The molecular formula is C26H23ClF4N4O4. The van der Waals surface area contributed by atoms with E-state index in [-0.39, 0.29) is 36.2 Å². The number of carbonyl (C=O) groups is 2. The molecule has 206 valence electrons. The van der Waals surface area contributed by atoms with Crippen LogP contribution < -0.4 is 5.32 Å². The zero-order chi connectivity index (χ0) is 29.2. The number of amides is 1. The van der Waals surface area contributed by atoms with E-state index in [1.807, 2.05) is 0 Å². The molecule has 3 rings (SSSR count). The minimum absolute atomic E-state index is 0.112. The fourth-order valence-electron chi connectivity index (χ4n) is 3.34. The lowest BCUT2D eigenvalue weighted by atomic mass is 10.0. The van der Waals surface area contributed by atoms with Crippen LogP contribution in [0.2, 0.25) is 5.02 Å². The van der Waals surface area contributed by atoms with E-state index in [0.29, 0.717) is 4.68 Å². The zero-order valence-electron chi connectivity index (χ0n) is 20.8. The molecule has 0 atom stereocenters. The molecule has 8 nitrogen and oxygen atoms in total. The number of rotatable bonds is 9. The summed E-state index contributed by atoms with van der Waals surface area (Å²) in [6, 6.07) is 3.71.